The molecule has 1 atom stereocenters. The van der Waals surface area contributed by atoms with Crippen molar-refractivity contribution in [2.45, 2.75) is 51.9 Å². The number of aryl methyl sites for hydroxylation is 1. The smallest absolute Gasteiger partial charge is 0.00219 e. The van der Waals surface area contributed by atoms with Crippen LogP contribution in [0.15, 0.2) is 66.8 Å². The highest BCUT2D eigenvalue weighted by molar-refractivity contribution is 5.74. The summed E-state index contributed by atoms with van der Waals surface area (Å²) in [5, 5.41) is 0. The van der Waals surface area contributed by atoms with E-state index in [0.29, 0.717) is 0 Å². The largest absolute Gasteiger partial charge is 0.303 e. The Hall–Kier alpha value is -2.12. The Balaban J connectivity index is 1.32. The fourth-order valence-electron chi connectivity index (χ4n) is 4.88. The maximum Gasteiger partial charge on any atom is 0.00219 e. The molecular weight excluding hydrogens is 350 g/mol. The average Bonchev–Trinajstić information content (AvgIpc) is 2.78. The van der Waals surface area contributed by atoms with Crippen LogP contribution in [0.4, 0.5) is 0 Å². The molecule has 2 aromatic carbocycles. The highest BCUT2D eigenvalue weighted by Crippen LogP contribution is 2.26. The fourth-order valence-corrected chi connectivity index (χ4v) is 4.88. The summed E-state index contributed by atoms with van der Waals surface area (Å²) in [6.07, 6.45) is 15.5. The van der Waals surface area contributed by atoms with E-state index in [1.807, 2.05) is 0 Å². The highest BCUT2D eigenvalue weighted by Gasteiger charge is 2.20. The predicted molar refractivity (Wildman–Crippen MR) is 125 cm³/mol. The first-order valence-corrected chi connectivity index (χ1v) is 11.6. The van der Waals surface area contributed by atoms with Gasteiger partial charge in [-0.25, -0.2) is 0 Å². The number of benzene rings is 2. The topological polar surface area (TPSA) is 3.24 Å². The summed E-state index contributed by atoms with van der Waals surface area (Å²) >= 11 is 0. The molecule has 0 spiro atoms. The maximum absolute atomic E-state index is 2.71. The molecule has 0 amide bonds. The van der Waals surface area contributed by atoms with Gasteiger partial charge in [0.25, 0.3) is 0 Å². The summed E-state index contributed by atoms with van der Waals surface area (Å²) in [7, 11) is 0. The number of allylic oxidation sites excluding steroid dienone is 4. The zero-order chi connectivity index (χ0) is 19.9. The zero-order valence-corrected chi connectivity index (χ0v) is 17.9. The number of hydrogen-bond donors (Lipinski definition) is 0. The summed E-state index contributed by atoms with van der Waals surface area (Å²) in [6.45, 7) is 5.95. The summed E-state index contributed by atoms with van der Waals surface area (Å²) in [5.41, 5.74) is 7.36. The van der Waals surface area contributed by atoms with Crippen molar-refractivity contribution in [2.24, 2.45) is 5.92 Å². The van der Waals surface area contributed by atoms with Gasteiger partial charge in [0.2, 0.25) is 0 Å². The van der Waals surface area contributed by atoms with Crippen LogP contribution in [0.5, 0.6) is 0 Å². The van der Waals surface area contributed by atoms with E-state index in [0.717, 1.165) is 12.3 Å². The van der Waals surface area contributed by atoms with Gasteiger partial charge in [-0.1, -0.05) is 73.7 Å². The molecule has 0 aromatic heterocycles. The zero-order valence-electron chi connectivity index (χ0n) is 17.9. The summed E-state index contributed by atoms with van der Waals surface area (Å²) in [5.74, 6) is 0.809. The molecule has 0 radical (unpaired) electrons. The van der Waals surface area contributed by atoms with Crippen molar-refractivity contribution >= 4 is 5.57 Å². The molecule has 0 saturated heterocycles. The molecule has 2 aromatic rings. The first-order chi connectivity index (χ1) is 14.3. The van der Waals surface area contributed by atoms with Crippen LogP contribution < -0.4 is 0 Å². The molecule has 0 aliphatic heterocycles. The van der Waals surface area contributed by atoms with Crippen LogP contribution in [0.25, 0.3) is 5.57 Å². The van der Waals surface area contributed by atoms with E-state index in [1.165, 1.54) is 74.9 Å². The Labute approximate surface area is 177 Å². The van der Waals surface area contributed by atoms with Crippen molar-refractivity contribution in [1.82, 2.24) is 4.90 Å². The molecule has 0 N–H and O–H groups in total. The minimum atomic E-state index is 0.809. The predicted octanol–water partition coefficient (Wildman–Crippen LogP) is 6.48. The third-order valence-corrected chi connectivity index (χ3v) is 6.50. The molecular formula is C28H35N. The van der Waals surface area contributed by atoms with E-state index in [4.69, 9.17) is 0 Å². The second-order valence-electron chi connectivity index (χ2n) is 8.76. The van der Waals surface area contributed by atoms with Crippen molar-refractivity contribution in [3.8, 4) is 0 Å². The van der Waals surface area contributed by atoms with Crippen LogP contribution in [-0.4, -0.2) is 24.5 Å². The minimum absolute atomic E-state index is 0.809. The Morgan fingerprint density at radius 1 is 0.931 bits per heavy atom. The van der Waals surface area contributed by atoms with E-state index in [-0.39, 0.29) is 0 Å². The SMILES string of the molecule is CCCN(CCc1ccc(C2=CCCC=C2)cc1)CC1CCc2ccccc2C1. The van der Waals surface area contributed by atoms with Gasteiger partial charge < -0.3 is 4.90 Å². The van der Waals surface area contributed by atoms with Crippen molar-refractivity contribution in [3.63, 3.8) is 0 Å². The number of hydrogen-bond acceptors (Lipinski definition) is 1. The van der Waals surface area contributed by atoms with Gasteiger partial charge in [0.05, 0.1) is 0 Å². The van der Waals surface area contributed by atoms with Gasteiger partial charge in [-0.3, -0.25) is 0 Å². The second kappa shape index (κ2) is 10.1. The molecule has 0 saturated carbocycles. The fraction of sp³-hybridized carbons (Fsp3) is 0.429. The molecule has 0 heterocycles. The van der Waals surface area contributed by atoms with E-state index in [2.05, 4.69) is 78.6 Å². The lowest BCUT2D eigenvalue weighted by molar-refractivity contribution is 0.221. The van der Waals surface area contributed by atoms with Gasteiger partial charge >= 0.3 is 0 Å². The van der Waals surface area contributed by atoms with E-state index < -0.39 is 0 Å². The van der Waals surface area contributed by atoms with E-state index in [9.17, 15) is 0 Å². The molecule has 2 aliphatic carbocycles. The third-order valence-electron chi connectivity index (χ3n) is 6.50. The third kappa shape index (κ3) is 5.48. The molecule has 1 unspecified atom stereocenters. The van der Waals surface area contributed by atoms with E-state index >= 15 is 0 Å². The lowest BCUT2D eigenvalue weighted by Gasteiger charge is -2.30. The van der Waals surface area contributed by atoms with Crippen LogP contribution in [0.3, 0.4) is 0 Å². The van der Waals surface area contributed by atoms with Crippen molar-refractivity contribution in [1.29, 1.82) is 0 Å². The monoisotopic (exact) mass is 385 g/mol. The number of rotatable bonds is 8. The van der Waals surface area contributed by atoms with E-state index in [1.54, 1.807) is 11.1 Å². The van der Waals surface area contributed by atoms with Gasteiger partial charge in [-0.15, -0.1) is 0 Å². The molecule has 2 aliphatic rings. The van der Waals surface area contributed by atoms with Crippen molar-refractivity contribution in [3.05, 3.63) is 89.0 Å². The van der Waals surface area contributed by atoms with Crippen molar-refractivity contribution in [2.75, 3.05) is 19.6 Å². The lowest BCUT2D eigenvalue weighted by Crippen LogP contribution is -2.34. The summed E-state index contributed by atoms with van der Waals surface area (Å²) in [6, 6.07) is 18.3. The average molecular weight is 386 g/mol. The van der Waals surface area contributed by atoms with Crippen LogP contribution in [-0.2, 0) is 19.3 Å². The van der Waals surface area contributed by atoms with Gasteiger partial charge in [-0.2, -0.15) is 0 Å². The van der Waals surface area contributed by atoms with Gasteiger partial charge in [0, 0.05) is 13.1 Å². The van der Waals surface area contributed by atoms with Crippen LogP contribution in [0.2, 0.25) is 0 Å². The molecule has 0 bridgehead atoms. The first-order valence-electron chi connectivity index (χ1n) is 11.6. The van der Waals surface area contributed by atoms with Gasteiger partial charge in [0.15, 0.2) is 0 Å². The Bertz CT molecular complexity index is 843. The molecule has 1 nitrogen and oxygen atoms in total. The molecule has 4 rings (SSSR count). The quantitative estimate of drug-likeness (QED) is 0.503. The Morgan fingerprint density at radius 2 is 1.76 bits per heavy atom. The Morgan fingerprint density at radius 3 is 2.52 bits per heavy atom. The first kappa shape index (κ1) is 20.2. The maximum atomic E-state index is 2.71. The van der Waals surface area contributed by atoms with Crippen LogP contribution in [0, 0.1) is 5.92 Å². The molecule has 0 fully saturated rings. The second-order valence-corrected chi connectivity index (χ2v) is 8.76. The Kier molecular flexibility index (Phi) is 7.00. The van der Waals surface area contributed by atoms with Crippen LogP contribution in [0.1, 0.15) is 54.9 Å². The number of nitrogens with zero attached hydrogens (tertiary/aromatic N) is 1. The molecule has 29 heavy (non-hydrogen) atoms. The molecule has 1 heteroatoms. The number of fused-ring (bicyclic) bond motifs is 1. The summed E-state index contributed by atoms with van der Waals surface area (Å²) < 4.78 is 0. The van der Waals surface area contributed by atoms with Gasteiger partial charge in [-0.05, 0) is 85.2 Å². The summed E-state index contributed by atoms with van der Waals surface area (Å²) in [4.78, 5) is 2.71. The van der Waals surface area contributed by atoms with Crippen LogP contribution >= 0.6 is 0 Å². The minimum Gasteiger partial charge on any atom is -0.303 e. The van der Waals surface area contributed by atoms with Crippen molar-refractivity contribution < 1.29 is 0 Å². The molecule has 152 valence electrons. The van der Waals surface area contributed by atoms with Gasteiger partial charge in [0.1, 0.15) is 0 Å². The highest BCUT2D eigenvalue weighted by atomic mass is 15.1. The lowest BCUT2D eigenvalue weighted by atomic mass is 9.83. The standard InChI is InChI=1S/C28H35N/c1-2-19-29(22-24-14-17-26-10-6-7-11-28(26)21-24)20-18-23-12-15-27(16-13-23)25-8-4-3-5-9-25/h4,6-13,15-16,24H,2-3,5,14,17-22H2,1H3. The normalized spacial score (nSPS) is 18.6.